The largest absolute Gasteiger partial charge is 0.492 e. The van der Waals surface area contributed by atoms with Gasteiger partial charge in [-0.3, -0.25) is 4.79 Å². The summed E-state index contributed by atoms with van der Waals surface area (Å²) >= 11 is 1.67. The zero-order chi connectivity index (χ0) is 14.0. The Kier molecular flexibility index (Phi) is 3.49. The van der Waals surface area contributed by atoms with Gasteiger partial charge in [0.15, 0.2) is 0 Å². The first-order valence-corrected chi connectivity index (χ1v) is 7.54. The fourth-order valence-electron chi connectivity index (χ4n) is 2.64. The molecule has 1 aliphatic rings. The van der Waals surface area contributed by atoms with E-state index in [9.17, 15) is 9.90 Å². The fraction of sp³-hybridized carbons (Fsp3) is 0.312. The Labute approximate surface area is 121 Å². The number of para-hydroxylation sites is 1. The van der Waals surface area contributed by atoms with Crippen LogP contribution in [0.3, 0.4) is 0 Å². The van der Waals surface area contributed by atoms with Crippen LogP contribution in [0.15, 0.2) is 41.8 Å². The molecule has 3 rings (SSSR count). The molecule has 1 unspecified atom stereocenters. The van der Waals surface area contributed by atoms with Crippen molar-refractivity contribution in [2.24, 2.45) is 5.41 Å². The van der Waals surface area contributed by atoms with Crippen LogP contribution in [0.5, 0.6) is 5.75 Å². The first-order chi connectivity index (χ1) is 9.70. The van der Waals surface area contributed by atoms with Gasteiger partial charge in [0.05, 0.1) is 0 Å². The van der Waals surface area contributed by atoms with Crippen molar-refractivity contribution in [3.8, 4) is 5.75 Å². The molecule has 20 heavy (non-hydrogen) atoms. The van der Waals surface area contributed by atoms with Crippen molar-refractivity contribution < 1.29 is 14.6 Å². The number of aryl methyl sites for hydroxylation is 1. The van der Waals surface area contributed by atoms with Crippen molar-refractivity contribution in [3.05, 3.63) is 52.2 Å². The second-order valence-corrected chi connectivity index (χ2v) is 6.27. The number of thiophene rings is 1. The molecular weight excluding hydrogens is 272 g/mol. The molecule has 4 heteroatoms. The minimum absolute atomic E-state index is 0.255. The smallest absolute Gasteiger partial charge is 0.313 e. The predicted octanol–water partition coefficient (Wildman–Crippen LogP) is 3.39. The second kappa shape index (κ2) is 5.29. The lowest BCUT2D eigenvalue weighted by atomic mass is 9.76. The van der Waals surface area contributed by atoms with Gasteiger partial charge in [0.25, 0.3) is 0 Å². The third-order valence-corrected chi connectivity index (χ3v) is 4.83. The molecule has 1 atom stereocenters. The summed E-state index contributed by atoms with van der Waals surface area (Å²) < 4.78 is 5.69. The van der Waals surface area contributed by atoms with Crippen molar-refractivity contribution in [3.63, 3.8) is 0 Å². The number of carboxylic acid groups (broad SMARTS) is 1. The molecule has 0 spiro atoms. The van der Waals surface area contributed by atoms with Crippen molar-refractivity contribution >= 4 is 17.3 Å². The molecule has 2 aromatic rings. The summed E-state index contributed by atoms with van der Waals surface area (Å²) in [5.41, 5.74) is 0.186. The SMILES string of the molecule is O=C(O)C1(CCc2cccs2)COc2ccccc2C1. The van der Waals surface area contributed by atoms with Crippen molar-refractivity contribution in [1.29, 1.82) is 0 Å². The summed E-state index contributed by atoms with van der Waals surface area (Å²) in [5, 5.41) is 11.7. The van der Waals surface area contributed by atoms with E-state index < -0.39 is 11.4 Å². The molecule has 0 bridgehead atoms. The van der Waals surface area contributed by atoms with Crippen LogP contribution in [-0.2, 0) is 17.6 Å². The molecule has 0 saturated heterocycles. The summed E-state index contributed by atoms with van der Waals surface area (Å²) in [6.45, 7) is 0.255. The Morgan fingerprint density at radius 1 is 1.30 bits per heavy atom. The Balaban J connectivity index is 1.81. The maximum Gasteiger partial charge on any atom is 0.313 e. The van der Waals surface area contributed by atoms with E-state index in [2.05, 4.69) is 6.07 Å². The van der Waals surface area contributed by atoms with Gasteiger partial charge in [0.1, 0.15) is 17.8 Å². The zero-order valence-corrected chi connectivity index (χ0v) is 11.9. The van der Waals surface area contributed by atoms with E-state index in [1.54, 1.807) is 11.3 Å². The van der Waals surface area contributed by atoms with Gasteiger partial charge in [0.2, 0.25) is 0 Å². The number of rotatable bonds is 4. The maximum atomic E-state index is 11.8. The molecule has 2 heterocycles. The van der Waals surface area contributed by atoms with Gasteiger partial charge in [-0.25, -0.2) is 0 Å². The zero-order valence-electron chi connectivity index (χ0n) is 11.0. The molecule has 104 valence electrons. The molecule has 0 aliphatic carbocycles. The van der Waals surface area contributed by atoms with Crippen molar-refractivity contribution in [2.75, 3.05) is 6.61 Å². The van der Waals surface area contributed by atoms with E-state index >= 15 is 0 Å². The van der Waals surface area contributed by atoms with Crippen LogP contribution >= 0.6 is 11.3 Å². The molecule has 1 N–H and O–H groups in total. The summed E-state index contributed by atoms with van der Waals surface area (Å²) in [7, 11) is 0. The number of aliphatic carboxylic acids is 1. The molecule has 3 nitrogen and oxygen atoms in total. The number of carbonyl (C=O) groups is 1. The minimum atomic E-state index is -0.807. The number of hydrogen-bond acceptors (Lipinski definition) is 3. The summed E-state index contributed by atoms with van der Waals surface area (Å²) in [6, 6.07) is 11.8. The van der Waals surface area contributed by atoms with E-state index in [1.165, 1.54) is 4.88 Å². The van der Waals surface area contributed by atoms with E-state index in [-0.39, 0.29) is 6.61 Å². The van der Waals surface area contributed by atoms with Gasteiger partial charge in [0, 0.05) is 4.88 Å². The van der Waals surface area contributed by atoms with Gasteiger partial charge in [-0.15, -0.1) is 11.3 Å². The molecule has 1 aliphatic heterocycles. The second-order valence-electron chi connectivity index (χ2n) is 5.24. The van der Waals surface area contributed by atoms with Gasteiger partial charge < -0.3 is 9.84 Å². The van der Waals surface area contributed by atoms with Crippen molar-refractivity contribution in [2.45, 2.75) is 19.3 Å². The topological polar surface area (TPSA) is 46.5 Å². The van der Waals surface area contributed by atoms with Gasteiger partial charge >= 0.3 is 5.97 Å². The predicted molar refractivity (Wildman–Crippen MR) is 78.3 cm³/mol. The normalized spacial score (nSPS) is 21.0. The number of hydrogen-bond donors (Lipinski definition) is 1. The number of benzene rings is 1. The van der Waals surface area contributed by atoms with E-state index in [0.717, 1.165) is 17.7 Å². The standard InChI is InChI=1S/C16H16O3S/c17-15(18)16(8-7-13-5-3-9-20-13)10-12-4-1-2-6-14(12)19-11-16/h1-6,9H,7-8,10-11H2,(H,17,18). The Morgan fingerprint density at radius 2 is 2.15 bits per heavy atom. The lowest BCUT2D eigenvalue weighted by molar-refractivity contribution is -0.152. The Hall–Kier alpha value is -1.81. The number of carboxylic acids is 1. The minimum Gasteiger partial charge on any atom is -0.492 e. The lowest BCUT2D eigenvalue weighted by Crippen LogP contribution is -2.42. The molecule has 0 amide bonds. The fourth-order valence-corrected chi connectivity index (χ4v) is 3.35. The maximum absolute atomic E-state index is 11.8. The highest BCUT2D eigenvalue weighted by molar-refractivity contribution is 7.09. The molecule has 1 aromatic carbocycles. The molecule has 0 saturated carbocycles. The van der Waals surface area contributed by atoms with Crippen LogP contribution in [0.2, 0.25) is 0 Å². The van der Waals surface area contributed by atoms with E-state index in [4.69, 9.17) is 4.74 Å². The first-order valence-electron chi connectivity index (χ1n) is 6.66. The summed E-state index contributed by atoms with van der Waals surface area (Å²) in [6.07, 6.45) is 1.94. The van der Waals surface area contributed by atoms with Crippen LogP contribution in [-0.4, -0.2) is 17.7 Å². The summed E-state index contributed by atoms with van der Waals surface area (Å²) in [5.74, 6) is 0.0593. The Morgan fingerprint density at radius 3 is 2.90 bits per heavy atom. The average molecular weight is 288 g/mol. The third kappa shape index (κ3) is 2.43. The Bertz CT molecular complexity index is 606. The number of fused-ring (bicyclic) bond motifs is 1. The van der Waals surface area contributed by atoms with Crippen LogP contribution < -0.4 is 4.74 Å². The highest BCUT2D eigenvalue weighted by Crippen LogP contribution is 2.38. The van der Waals surface area contributed by atoms with E-state index in [1.807, 2.05) is 35.7 Å². The number of ether oxygens (including phenoxy) is 1. The monoisotopic (exact) mass is 288 g/mol. The van der Waals surface area contributed by atoms with Gasteiger partial charge in [-0.05, 0) is 42.3 Å². The third-order valence-electron chi connectivity index (χ3n) is 3.89. The van der Waals surface area contributed by atoms with Crippen LogP contribution in [0.1, 0.15) is 16.9 Å². The van der Waals surface area contributed by atoms with Gasteiger partial charge in [-0.2, -0.15) is 0 Å². The van der Waals surface area contributed by atoms with Gasteiger partial charge in [-0.1, -0.05) is 24.3 Å². The highest BCUT2D eigenvalue weighted by atomic mass is 32.1. The first kappa shape index (κ1) is 13.2. The van der Waals surface area contributed by atoms with E-state index in [0.29, 0.717) is 12.8 Å². The molecule has 1 aromatic heterocycles. The average Bonchev–Trinajstić information content (AvgIpc) is 2.98. The molecule has 0 radical (unpaired) electrons. The van der Waals surface area contributed by atoms with Crippen LogP contribution in [0.25, 0.3) is 0 Å². The van der Waals surface area contributed by atoms with Crippen molar-refractivity contribution in [1.82, 2.24) is 0 Å². The van der Waals surface area contributed by atoms with Crippen LogP contribution in [0.4, 0.5) is 0 Å². The summed E-state index contributed by atoms with van der Waals surface area (Å²) in [4.78, 5) is 13.0. The lowest BCUT2D eigenvalue weighted by Gasteiger charge is -2.34. The molecular formula is C16H16O3S. The quantitative estimate of drug-likeness (QED) is 0.938. The van der Waals surface area contributed by atoms with Crippen LogP contribution in [0, 0.1) is 5.41 Å². The highest BCUT2D eigenvalue weighted by Gasteiger charge is 2.42. The molecule has 0 fully saturated rings.